The van der Waals surface area contributed by atoms with Crippen LogP contribution in [0.25, 0.3) is 0 Å². The van der Waals surface area contributed by atoms with Crippen LogP contribution in [0, 0.1) is 13.8 Å². The van der Waals surface area contributed by atoms with E-state index in [4.69, 9.17) is 0 Å². The first-order valence-corrected chi connectivity index (χ1v) is 8.08. The number of nitrogens with one attached hydrogen (secondary N) is 1. The maximum absolute atomic E-state index is 3.44. The van der Waals surface area contributed by atoms with E-state index in [0.29, 0.717) is 0 Å². The highest BCUT2D eigenvalue weighted by molar-refractivity contribution is 7.99. The van der Waals surface area contributed by atoms with Crippen LogP contribution >= 0.6 is 11.8 Å². The van der Waals surface area contributed by atoms with Gasteiger partial charge in [-0.25, -0.2) is 0 Å². The molecular weight excluding hydrogens is 238 g/mol. The molecule has 1 aliphatic carbocycles. The van der Waals surface area contributed by atoms with Gasteiger partial charge in [-0.1, -0.05) is 35.7 Å². The number of hydrogen-bond acceptors (Lipinski definition) is 2. The highest BCUT2D eigenvalue weighted by Crippen LogP contribution is 2.31. The standard InChI is InChI=1S/C16H25NS/c1-12-7-13(2)9-14(8-12)11-18-16-6-4-5-15(10-16)17-3/h7-9,15-17H,4-6,10-11H2,1-3H3. The second kappa shape index (κ2) is 6.63. The number of aryl methyl sites for hydroxylation is 2. The van der Waals surface area contributed by atoms with E-state index in [-0.39, 0.29) is 0 Å². The Labute approximate surface area is 116 Å². The van der Waals surface area contributed by atoms with Crippen molar-refractivity contribution in [2.45, 2.75) is 56.6 Å². The van der Waals surface area contributed by atoms with E-state index in [1.807, 2.05) is 0 Å². The van der Waals surface area contributed by atoms with Gasteiger partial charge in [0.15, 0.2) is 0 Å². The molecule has 0 bridgehead atoms. The fourth-order valence-corrected chi connectivity index (χ4v) is 4.22. The summed E-state index contributed by atoms with van der Waals surface area (Å²) in [5.41, 5.74) is 4.27. The van der Waals surface area contributed by atoms with Gasteiger partial charge in [-0.3, -0.25) is 0 Å². The van der Waals surface area contributed by atoms with Gasteiger partial charge < -0.3 is 5.32 Å². The average Bonchev–Trinajstić information content (AvgIpc) is 2.35. The van der Waals surface area contributed by atoms with Crippen molar-refractivity contribution < 1.29 is 0 Å². The molecule has 0 saturated heterocycles. The molecule has 1 aliphatic rings. The SMILES string of the molecule is CNC1CCCC(SCc2cc(C)cc(C)c2)C1. The summed E-state index contributed by atoms with van der Waals surface area (Å²) >= 11 is 2.15. The summed E-state index contributed by atoms with van der Waals surface area (Å²) in [4.78, 5) is 0. The smallest absolute Gasteiger partial charge is 0.0187 e. The molecule has 0 aliphatic heterocycles. The van der Waals surface area contributed by atoms with Crippen LogP contribution < -0.4 is 5.32 Å². The van der Waals surface area contributed by atoms with E-state index < -0.39 is 0 Å². The predicted octanol–water partition coefficient (Wildman–Crippen LogP) is 4.07. The fourth-order valence-electron chi connectivity index (χ4n) is 2.92. The fraction of sp³-hybridized carbons (Fsp3) is 0.625. The van der Waals surface area contributed by atoms with Crippen molar-refractivity contribution in [2.24, 2.45) is 0 Å². The summed E-state index contributed by atoms with van der Waals surface area (Å²) in [5, 5.41) is 4.28. The molecule has 100 valence electrons. The monoisotopic (exact) mass is 263 g/mol. The van der Waals surface area contributed by atoms with Crippen LogP contribution in [-0.2, 0) is 5.75 Å². The van der Waals surface area contributed by atoms with E-state index in [2.05, 4.69) is 56.2 Å². The van der Waals surface area contributed by atoms with Crippen molar-refractivity contribution >= 4 is 11.8 Å². The first kappa shape index (κ1) is 14.0. The van der Waals surface area contributed by atoms with Crippen LogP contribution in [0.3, 0.4) is 0 Å². The number of hydrogen-bond donors (Lipinski definition) is 1. The van der Waals surface area contributed by atoms with Gasteiger partial charge >= 0.3 is 0 Å². The maximum atomic E-state index is 3.44. The molecule has 0 amide bonds. The van der Waals surface area contributed by atoms with Crippen molar-refractivity contribution in [2.75, 3.05) is 7.05 Å². The van der Waals surface area contributed by atoms with Crippen LogP contribution in [0.1, 0.15) is 42.4 Å². The van der Waals surface area contributed by atoms with Crippen LogP contribution in [0.15, 0.2) is 18.2 Å². The molecular formula is C16H25NS. The Morgan fingerprint density at radius 2 is 1.89 bits per heavy atom. The van der Waals surface area contributed by atoms with Gasteiger partial charge in [0.1, 0.15) is 0 Å². The van der Waals surface area contributed by atoms with Crippen molar-refractivity contribution in [1.82, 2.24) is 5.32 Å². The molecule has 2 atom stereocenters. The van der Waals surface area contributed by atoms with Crippen LogP contribution in [0.2, 0.25) is 0 Å². The molecule has 1 saturated carbocycles. The predicted molar refractivity (Wildman–Crippen MR) is 82.3 cm³/mol. The summed E-state index contributed by atoms with van der Waals surface area (Å²) < 4.78 is 0. The Kier molecular flexibility index (Phi) is 5.13. The third kappa shape index (κ3) is 4.03. The van der Waals surface area contributed by atoms with Crippen molar-refractivity contribution in [3.05, 3.63) is 34.9 Å². The Morgan fingerprint density at radius 1 is 1.17 bits per heavy atom. The molecule has 1 aromatic rings. The lowest BCUT2D eigenvalue weighted by atomic mass is 9.95. The average molecular weight is 263 g/mol. The molecule has 18 heavy (non-hydrogen) atoms. The van der Waals surface area contributed by atoms with E-state index in [9.17, 15) is 0 Å². The molecule has 2 unspecified atom stereocenters. The first-order valence-electron chi connectivity index (χ1n) is 7.03. The molecule has 1 N–H and O–H groups in total. The molecule has 1 nitrogen and oxygen atoms in total. The first-order chi connectivity index (χ1) is 8.67. The quantitative estimate of drug-likeness (QED) is 0.879. The Morgan fingerprint density at radius 3 is 2.56 bits per heavy atom. The van der Waals surface area contributed by atoms with Gasteiger partial charge in [0.05, 0.1) is 0 Å². The topological polar surface area (TPSA) is 12.0 Å². The minimum atomic E-state index is 0.746. The maximum Gasteiger partial charge on any atom is 0.0187 e. The van der Waals surface area contributed by atoms with E-state index in [1.54, 1.807) is 0 Å². The third-order valence-electron chi connectivity index (χ3n) is 3.80. The van der Waals surface area contributed by atoms with Gasteiger partial charge in [-0.2, -0.15) is 11.8 Å². The number of benzene rings is 1. The summed E-state index contributed by atoms with van der Waals surface area (Å²) in [5.74, 6) is 1.17. The Hall–Kier alpha value is -0.470. The van der Waals surface area contributed by atoms with Gasteiger partial charge in [0.2, 0.25) is 0 Å². The molecule has 2 rings (SSSR count). The zero-order chi connectivity index (χ0) is 13.0. The Bertz CT molecular complexity index is 368. The van der Waals surface area contributed by atoms with Gasteiger partial charge in [-0.15, -0.1) is 0 Å². The lowest BCUT2D eigenvalue weighted by molar-refractivity contribution is 0.402. The van der Waals surface area contributed by atoms with E-state index in [1.165, 1.54) is 48.1 Å². The van der Waals surface area contributed by atoms with Crippen LogP contribution in [-0.4, -0.2) is 18.3 Å². The molecule has 1 aromatic carbocycles. The second-order valence-corrected chi connectivity index (χ2v) is 6.87. The summed E-state index contributed by atoms with van der Waals surface area (Å²) in [6.45, 7) is 4.39. The lowest BCUT2D eigenvalue weighted by Gasteiger charge is -2.28. The van der Waals surface area contributed by atoms with Crippen molar-refractivity contribution in [3.63, 3.8) is 0 Å². The number of rotatable bonds is 4. The summed E-state index contributed by atoms with van der Waals surface area (Å²) in [7, 11) is 2.10. The Balaban J connectivity index is 1.87. The van der Waals surface area contributed by atoms with E-state index >= 15 is 0 Å². The van der Waals surface area contributed by atoms with Crippen LogP contribution in [0.4, 0.5) is 0 Å². The van der Waals surface area contributed by atoms with E-state index in [0.717, 1.165) is 11.3 Å². The lowest BCUT2D eigenvalue weighted by Crippen LogP contribution is -2.32. The minimum absolute atomic E-state index is 0.746. The molecule has 2 heteroatoms. The molecule has 0 spiro atoms. The molecule has 0 radical (unpaired) electrons. The van der Waals surface area contributed by atoms with Gasteiger partial charge in [0, 0.05) is 17.0 Å². The summed E-state index contributed by atoms with van der Waals surface area (Å²) in [6.07, 6.45) is 5.48. The van der Waals surface area contributed by atoms with Crippen molar-refractivity contribution in [3.8, 4) is 0 Å². The molecule has 0 aromatic heterocycles. The molecule has 0 heterocycles. The molecule has 1 fully saturated rings. The van der Waals surface area contributed by atoms with Crippen LogP contribution in [0.5, 0.6) is 0 Å². The minimum Gasteiger partial charge on any atom is -0.317 e. The summed E-state index contributed by atoms with van der Waals surface area (Å²) in [6, 6.07) is 7.67. The normalized spacial score (nSPS) is 24.2. The third-order valence-corrected chi connectivity index (χ3v) is 5.20. The zero-order valence-electron chi connectivity index (χ0n) is 11.8. The van der Waals surface area contributed by atoms with Crippen molar-refractivity contribution in [1.29, 1.82) is 0 Å². The largest absolute Gasteiger partial charge is 0.317 e. The second-order valence-electron chi connectivity index (χ2n) is 5.58. The number of thioether (sulfide) groups is 1. The van der Waals surface area contributed by atoms with Gasteiger partial charge in [0.25, 0.3) is 0 Å². The zero-order valence-corrected chi connectivity index (χ0v) is 12.6. The highest BCUT2D eigenvalue weighted by Gasteiger charge is 2.20. The highest BCUT2D eigenvalue weighted by atomic mass is 32.2. The van der Waals surface area contributed by atoms with Gasteiger partial charge in [-0.05, 0) is 45.7 Å².